The van der Waals surface area contributed by atoms with E-state index < -0.39 is 44.0 Å². The van der Waals surface area contributed by atoms with Crippen LogP contribution in [-0.4, -0.2) is 44.0 Å². The van der Waals surface area contributed by atoms with Gasteiger partial charge in [0.25, 0.3) is 5.97 Å². The van der Waals surface area contributed by atoms with Gasteiger partial charge < -0.3 is 23.1 Å². The van der Waals surface area contributed by atoms with Crippen LogP contribution in [0, 0.1) is 24.3 Å². The van der Waals surface area contributed by atoms with E-state index in [2.05, 4.69) is 5.54 Å². The molecule has 0 N–H and O–H groups in total. The highest BCUT2D eigenvalue weighted by Crippen LogP contribution is 2.45. The Morgan fingerprint density at radius 2 is 1.42 bits per heavy atom. The molecule has 9 nitrogen and oxygen atoms in total. The zero-order chi connectivity index (χ0) is 20.2. The van der Waals surface area contributed by atoms with Gasteiger partial charge in [-0.2, -0.15) is 0 Å². The van der Waals surface area contributed by atoms with E-state index in [9.17, 15) is 19.2 Å². The summed E-state index contributed by atoms with van der Waals surface area (Å²) in [6.45, 7) is 4.19. The minimum Gasteiger partial charge on any atom is -0.485 e. The van der Waals surface area contributed by atoms with E-state index in [1.54, 1.807) is 0 Å². The summed E-state index contributed by atoms with van der Waals surface area (Å²) >= 11 is 0. The first kappa shape index (κ1) is 21.2. The van der Waals surface area contributed by atoms with E-state index in [0.717, 1.165) is 27.7 Å². The molecule has 0 aliphatic carbocycles. The van der Waals surface area contributed by atoms with Crippen LogP contribution in [0.1, 0.15) is 34.1 Å². The van der Waals surface area contributed by atoms with Crippen LogP contribution in [-0.2, 0) is 42.2 Å². The summed E-state index contributed by atoms with van der Waals surface area (Å²) in [5, 5.41) is 0. The Balaban J connectivity index is 3.59. The van der Waals surface area contributed by atoms with Crippen molar-refractivity contribution in [3.8, 4) is 24.3 Å². The van der Waals surface area contributed by atoms with E-state index in [1.165, 1.54) is 0 Å². The lowest BCUT2D eigenvalue weighted by Gasteiger charge is -2.49. The lowest BCUT2D eigenvalue weighted by atomic mass is 10.0. The standard InChI is InChI=1S/C16H18O9Si/c1-7-15(21-11(3)17)16(22-12(4)18,23-13(5)19)9-10-26(8-2,25-15)24-14(6)20/h1-2H,9-10H2,3-6H3. The number of carbonyl (C=O) groups excluding carboxylic acids is 4. The Hall–Kier alpha value is -2.82. The summed E-state index contributed by atoms with van der Waals surface area (Å²) < 4.78 is 26.1. The summed E-state index contributed by atoms with van der Waals surface area (Å²) in [4.78, 5) is 46.3. The van der Waals surface area contributed by atoms with E-state index in [4.69, 9.17) is 35.9 Å². The SMILES string of the molecule is C#CC1(OC(C)=O)O[Si](C#C)(OC(C)=O)CCC1(OC(C)=O)OC(C)=O. The zero-order valence-electron chi connectivity index (χ0n) is 14.7. The van der Waals surface area contributed by atoms with Gasteiger partial charge in [0.1, 0.15) is 0 Å². The van der Waals surface area contributed by atoms with Crippen LogP contribution in [0.15, 0.2) is 0 Å². The number of esters is 3. The van der Waals surface area contributed by atoms with Gasteiger partial charge in [0.05, 0.1) is 0 Å². The molecule has 2 unspecified atom stereocenters. The fourth-order valence-electron chi connectivity index (χ4n) is 2.48. The maximum atomic E-state index is 11.6. The molecule has 0 aromatic heterocycles. The predicted octanol–water partition coefficient (Wildman–Crippen LogP) is 0.300. The normalized spacial score (nSPS) is 26.4. The third-order valence-corrected chi connectivity index (χ3v) is 5.80. The fourth-order valence-corrected chi connectivity index (χ4v) is 4.83. The smallest absolute Gasteiger partial charge is 0.485 e. The third kappa shape index (κ3) is 4.22. The number of hydrogen-bond donors (Lipinski definition) is 0. The Kier molecular flexibility index (Phi) is 6.20. The van der Waals surface area contributed by atoms with E-state index in [0.29, 0.717) is 0 Å². The van der Waals surface area contributed by atoms with Crippen molar-refractivity contribution in [3.05, 3.63) is 0 Å². The van der Waals surface area contributed by atoms with E-state index >= 15 is 0 Å². The van der Waals surface area contributed by atoms with Gasteiger partial charge in [0.15, 0.2) is 0 Å². The van der Waals surface area contributed by atoms with Gasteiger partial charge in [-0.15, -0.1) is 12.8 Å². The Labute approximate surface area is 151 Å². The van der Waals surface area contributed by atoms with Crippen molar-refractivity contribution < 1.29 is 42.2 Å². The molecule has 0 aromatic rings. The molecule has 1 aliphatic heterocycles. The summed E-state index contributed by atoms with van der Waals surface area (Å²) in [5.74, 6) is -6.22. The minimum atomic E-state index is -3.76. The molecule has 0 radical (unpaired) electrons. The van der Waals surface area contributed by atoms with Crippen LogP contribution in [0.5, 0.6) is 0 Å². The molecule has 1 fully saturated rings. The Morgan fingerprint density at radius 3 is 1.77 bits per heavy atom. The first-order valence-corrected chi connectivity index (χ1v) is 9.42. The molecule has 1 heterocycles. The molecule has 0 aromatic carbocycles. The van der Waals surface area contributed by atoms with Crippen molar-refractivity contribution in [3.63, 3.8) is 0 Å². The average molecular weight is 382 g/mol. The highest BCUT2D eigenvalue weighted by molar-refractivity contribution is 6.77. The molecule has 0 saturated carbocycles. The monoisotopic (exact) mass is 382 g/mol. The lowest BCUT2D eigenvalue weighted by Crippen LogP contribution is -2.70. The number of rotatable bonds is 4. The van der Waals surface area contributed by atoms with Crippen LogP contribution in [0.4, 0.5) is 0 Å². The van der Waals surface area contributed by atoms with Gasteiger partial charge in [0, 0.05) is 40.2 Å². The highest BCUT2D eigenvalue weighted by Gasteiger charge is 2.70. The second-order valence-corrected chi connectivity index (χ2v) is 8.09. The molecule has 1 saturated heterocycles. The van der Waals surface area contributed by atoms with E-state index in [-0.39, 0.29) is 12.5 Å². The largest absolute Gasteiger partial charge is 0.491 e. The fraction of sp³-hybridized carbons (Fsp3) is 0.500. The maximum Gasteiger partial charge on any atom is 0.491 e. The molecule has 10 heteroatoms. The number of hydrogen-bond acceptors (Lipinski definition) is 9. The van der Waals surface area contributed by atoms with E-state index in [1.807, 2.05) is 5.92 Å². The van der Waals surface area contributed by atoms with Gasteiger partial charge in [-0.05, 0) is 5.92 Å². The van der Waals surface area contributed by atoms with Gasteiger partial charge in [-0.25, -0.2) is 0 Å². The molecular weight excluding hydrogens is 364 g/mol. The highest BCUT2D eigenvalue weighted by atomic mass is 28.4. The Morgan fingerprint density at radius 1 is 0.923 bits per heavy atom. The van der Waals surface area contributed by atoms with Gasteiger partial charge in [-0.1, -0.05) is 5.54 Å². The number of carbonyl (C=O) groups is 4. The molecule has 1 aliphatic rings. The molecule has 26 heavy (non-hydrogen) atoms. The minimum absolute atomic E-state index is 0.131. The van der Waals surface area contributed by atoms with Gasteiger partial charge in [0.2, 0.25) is 0 Å². The van der Waals surface area contributed by atoms with Crippen molar-refractivity contribution in [2.45, 2.75) is 51.7 Å². The second-order valence-electron chi connectivity index (χ2n) is 5.39. The van der Waals surface area contributed by atoms with Crippen LogP contribution in [0.25, 0.3) is 0 Å². The maximum absolute atomic E-state index is 11.6. The quantitative estimate of drug-likeness (QED) is 0.293. The molecule has 0 spiro atoms. The third-order valence-electron chi connectivity index (χ3n) is 3.22. The van der Waals surface area contributed by atoms with Crippen molar-refractivity contribution >= 4 is 32.4 Å². The first-order valence-electron chi connectivity index (χ1n) is 7.39. The topological polar surface area (TPSA) is 114 Å². The number of terminal acetylenes is 2. The summed E-state index contributed by atoms with van der Waals surface area (Å²) in [5.41, 5.74) is 2.26. The van der Waals surface area contributed by atoms with Crippen LogP contribution < -0.4 is 0 Å². The summed E-state index contributed by atoms with van der Waals surface area (Å²) in [7, 11) is -3.76. The second kappa shape index (κ2) is 7.60. The molecule has 2 atom stereocenters. The predicted molar refractivity (Wildman–Crippen MR) is 86.5 cm³/mol. The van der Waals surface area contributed by atoms with Crippen molar-refractivity contribution in [2.24, 2.45) is 0 Å². The molecule has 0 bridgehead atoms. The molecule has 1 rings (SSSR count). The van der Waals surface area contributed by atoms with Crippen LogP contribution >= 0.6 is 0 Å². The first-order chi connectivity index (χ1) is 12.0. The molecular formula is C16H18O9Si. The summed E-state index contributed by atoms with van der Waals surface area (Å²) in [6.07, 6.45) is 10.7. The summed E-state index contributed by atoms with van der Waals surface area (Å²) in [6, 6.07) is -0.131. The van der Waals surface area contributed by atoms with Crippen molar-refractivity contribution in [1.29, 1.82) is 0 Å². The average Bonchev–Trinajstić information content (AvgIpc) is 2.48. The van der Waals surface area contributed by atoms with Crippen molar-refractivity contribution in [2.75, 3.05) is 0 Å². The number of ether oxygens (including phenoxy) is 3. The van der Waals surface area contributed by atoms with Crippen LogP contribution in [0.3, 0.4) is 0 Å². The van der Waals surface area contributed by atoms with Crippen molar-refractivity contribution in [1.82, 2.24) is 0 Å². The van der Waals surface area contributed by atoms with Gasteiger partial charge in [-0.3, -0.25) is 19.2 Å². The van der Waals surface area contributed by atoms with Crippen LogP contribution in [0.2, 0.25) is 6.04 Å². The van der Waals surface area contributed by atoms with Gasteiger partial charge >= 0.3 is 38.0 Å². The molecule has 140 valence electrons. The zero-order valence-corrected chi connectivity index (χ0v) is 15.7. The lowest BCUT2D eigenvalue weighted by molar-refractivity contribution is -0.341. The molecule has 0 amide bonds. The Bertz CT molecular complexity index is 700.